The molecule has 1 rings (SSSR count). The average Bonchev–Trinajstić information content (AvgIpc) is 2.31. The molecule has 0 amide bonds. The van der Waals surface area contributed by atoms with Crippen LogP contribution in [0.3, 0.4) is 0 Å². The molecular weight excluding hydrogens is 260 g/mol. The minimum atomic E-state index is -1.15. The molecule has 0 radical (unpaired) electrons. The van der Waals surface area contributed by atoms with Crippen LogP contribution in [0.15, 0.2) is 12.1 Å². The number of nitro benzene ring substituents is 1. The number of rotatable bonds is 7. The van der Waals surface area contributed by atoms with Gasteiger partial charge in [0, 0.05) is 12.5 Å². The molecule has 104 valence electrons. The molecule has 3 N–H and O–H groups in total. The van der Waals surface area contributed by atoms with Crippen molar-refractivity contribution in [1.29, 1.82) is 5.41 Å². The second kappa shape index (κ2) is 6.62. The summed E-state index contributed by atoms with van der Waals surface area (Å²) >= 11 is 0. The summed E-state index contributed by atoms with van der Waals surface area (Å²) in [5, 5.41) is 17.4. The van der Waals surface area contributed by atoms with Crippen molar-refractivity contribution >= 4 is 11.5 Å². The Kier molecular flexibility index (Phi) is 5.16. The van der Waals surface area contributed by atoms with Crippen molar-refractivity contribution in [3.63, 3.8) is 0 Å². The Bertz CT molecular complexity index is 494. The lowest BCUT2D eigenvalue weighted by Gasteiger charge is -2.07. The average molecular weight is 273 g/mol. The summed E-state index contributed by atoms with van der Waals surface area (Å²) in [5.74, 6) is -2.46. The lowest BCUT2D eigenvalue weighted by atomic mass is 10.2. The van der Waals surface area contributed by atoms with Crippen LogP contribution in [0.25, 0.3) is 0 Å². The maximum absolute atomic E-state index is 13.4. The fourth-order valence-electron chi connectivity index (χ4n) is 1.37. The number of amidine groups is 1. The highest BCUT2D eigenvalue weighted by Crippen LogP contribution is 2.26. The highest BCUT2D eigenvalue weighted by Gasteiger charge is 2.19. The van der Waals surface area contributed by atoms with Crippen LogP contribution in [0.1, 0.15) is 19.3 Å². The number of hydrogen-bond acceptors (Lipinski definition) is 4. The molecule has 0 saturated carbocycles. The standard InChI is InChI=1S/C11H13F2N3O3/c12-7-6-10(8(13)5-9(7)16(17)18)19-4-2-1-3-11(14)15/h5-6H,1-4H2,(H3,14,15). The molecule has 0 unspecified atom stereocenters. The van der Waals surface area contributed by atoms with Crippen LogP contribution < -0.4 is 10.5 Å². The van der Waals surface area contributed by atoms with E-state index < -0.39 is 22.2 Å². The minimum Gasteiger partial charge on any atom is -0.490 e. The molecule has 19 heavy (non-hydrogen) atoms. The third-order valence-corrected chi connectivity index (χ3v) is 2.30. The zero-order valence-electron chi connectivity index (χ0n) is 9.99. The Morgan fingerprint density at radius 3 is 2.63 bits per heavy atom. The maximum Gasteiger partial charge on any atom is 0.307 e. The van der Waals surface area contributed by atoms with Gasteiger partial charge in [-0.1, -0.05) is 0 Å². The van der Waals surface area contributed by atoms with Gasteiger partial charge in [0.05, 0.1) is 23.4 Å². The normalized spacial score (nSPS) is 10.2. The lowest BCUT2D eigenvalue weighted by Crippen LogP contribution is -2.09. The number of nitrogens with one attached hydrogen (secondary N) is 1. The van der Waals surface area contributed by atoms with Gasteiger partial charge in [-0.3, -0.25) is 15.5 Å². The van der Waals surface area contributed by atoms with Crippen LogP contribution in [-0.2, 0) is 0 Å². The molecule has 0 aromatic heterocycles. The number of halogens is 2. The minimum absolute atomic E-state index is 0.0487. The van der Waals surface area contributed by atoms with E-state index in [0.717, 1.165) is 0 Å². The molecule has 0 bridgehead atoms. The zero-order valence-corrected chi connectivity index (χ0v) is 9.99. The quantitative estimate of drug-likeness (QED) is 0.262. The number of benzene rings is 1. The summed E-state index contributed by atoms with van der Waals surface area (Å²) in [5.41, 5.74) is 4.21. The molecule has 1 aromatic carbocycles. The van der Waals surface area contributed by atoms with E-state index in [2.05, 4.69) is 0 Å². The van der Waals surface area contributed by atoms with Crippen molar-refractivity contribution in [2.75, 3.05) is 6.61 Å². The Labute approximate surface area is 107 Å². The molecule has 0 spiro atoms. The Balaban J connectivity index is 2.57. The van der Waals surface area contributed by atoms with Gasteiger partial charge in [0.15, 0.2) is 11.6 Å². The molecule has 0 saturated heterocycles. The number of hydrogen-bond donors (Lipinski definition) is 2. The predicted octanol–water partition coefficient (Wildman–Crippen LogP) is 2.36. The molecule has 0 aliphatic rings. The predicted molar refractivity (Wildman–Crippen MR) is 64.3 cm³/mol. The van der Waals surface area contributed by atoms with Gasteiger partial charge in [-0.25, -0.2) is 4.39 Å². The van der Waals surface area contributed by atoms with E-state index in [0.29, 0.717) is 31.4 Å². The second-order valence-corrected chi connectivity index (χ2v) is 3.82. The molecule has 1 aromatic rings. The summed E-state index contributed by atoms with van der Waals surface area (Å²) in [6.45, 7) is 0.113. The summed E-state index contributed by atoms with van der Waals surface area (Å²) in [7, 11) is 0. The molecule has 0 atom stereocenters. The van der Waals surface area contributed by atoms with Crippen molar-refractivity contribution in [3.05, 3.63) is 33.9 Å². The fraction of sp³-hybridized carbons (Fsp3) is 0.364. The van der Waals surface area contributed by atoms with Gasteiger partial charge in [-0.15, -0.1) is 0 Å². The van der Waals surface area contributed by atoms with Crippen LogP contribution in [0.5, 0.6) is 5.75 Å². The van der Waals surface area contributed by atoms with Crippen molar-refractivity contribution < 1.29 is 18.4 Å². The topological polar surface area (TPSA) is 102 Å². The highest BCUT2D eigenvalue weighted by atomic mass is 19.1. The molecule has 0 heterocycles. The van der Waals surface area contributed by atoms with Crippen molar-refractivity contribution in [2.45, 2.75) is 19.3 Å². The Morgan fingerprint density at radius 1 is 1.37 bits per heavy atom. The first-order valence-electron chi connectivity index (χ1n) is 5.51. The zero-order chi connectivity index (χ0) is 14.4. The largest absolute Gasteiger partial charge is 0.490 e. The summed E-state index contributed by atoms with van der Waals surface area (Å²) in [4.78, 5) is 9.37. The number of ether oxygens (including phenoxy) is 1. The number of nitro groups is 1. The Morgan fingerprint density at radius 2 is 2.05 bits per heavy atom. The van der Waals surface area contributed by atoms with Crippen molar-refractivity contribution in [2.24, 2.45) is 5.73 Å². The van der Waals surface area contributed by atoms with E-state index in [9.17, 15) is 18.9 Å². The van der Waals surface area contributed by atoms with E-state index in [-0.39, 0.29) is 18.2 Å². The lowest BCUT2D eigenvalue weighted by molar-refractivity contribution is -0.387. The van der Waals surface area contributed by atoms with Gasteiger partial charge in [0.25, 0.3) is 0 Å². The first-order chi connectivity index (χ1) is 8.91. The van der Waals surface area contributed by atoms with E-state index in [1.165, 1.54) is 0 Å². The van der Waals surface area contributed by atoms with Crippen molar-refractivity contribution in [1.82, 2.24) is 0 Å². The maximum atomic E-state index is 13.4. The number of nitrogens with zero attached hydrogens (tertiary/aromatic N) is 1. The monoisotopic (exact) mass is 273 g/mol. The van der Waals surface area contributed by atoms with Crippen LogP contribution in [-0.4, -0.2) is 17.4 Å². The molecule has 8 heteroatoms. The van der Waals surface area contributed by atoms with Gasteiger partial charge in [0.1, 0.15) is 0 Å². The molecular formula is C11H13F2N3O3. The second-order valence-electron chi connectivity index (χ2n) is 3.82. The van der Waals surface area contributed by atoms with Crippen LogP contribution in [0, 0.1) is 27.2 Å². The van der Waals surface area contributed by atoms with Gasteiger partial charge >= 0.3 is 5.69 Å². The SMILES string of the molecule is N=C(N)CCCCOc1cc(F)c([N+](=O)[O-])cc1F. The summed E-state index contributed by atoms with van der Waals surface area (Å²) in [6, 6.07) is 1.14. The third-order valence-electron chi connectivity index (χ3n) is 2.30. The van der Waals surface area contributed by atoms with Crippen molar-refractivity contribution in [3.8, 4) is 5.75 Å². The van der Waals surface area contributed by atoms with Gasteiger partial charge in [-0.2, -0.15) is 4.39 Å². The van der Waals surface area contributed by atoms with E-state index in [4.69, 9.17) is 15.9 Å². The molecule has 0 aliphatic carbocycles. The van der Waals surface area contributed by atoms with Crippen LogP contribution in [0.2, 0.25) is 0 Å². The molecule has 6 nitrogen and oxygen atoms in total. The number of nitrogens with two attached hydrogens (primary N) is 1. The van der Waals surface area contributed by atoms with Gasteiger partial charge < -0.3 is 10.5 Å². The van der Waals surface area contributed by atoms with E-state index >= 15 is 0 Å². The number of unbranched alkanes of at least 4 members (excludes halogenated alkanes) is 1. The fourth-order valence-corrected chi connectivity index (χ4v) is 1.37. The molecule has 0 aliphatic heterocycles. The summed E-state index contributed by atoms with van der Waals surface area (Å²) in [6.07, 6.45) is 1.50. The first-order valence-corrected chi connectivity index (χ1v) is 5.51. The van der Waals surface area contributed by atoms with Crippen LogP contribution in [0.4, 0.5) is 14.5 Å². The van der Waals surface area contributed by atoms with E-state index in [1.54, 1.807) is 0 Å². The molecule has 0 fully saturated rings. The smallest absolute Gasteiger partial charge is 0.307 e. The van der Waals surface area contributed by atoms with Gasteiger partial charge in [-0.05, 0) is 12.8 Å². The third kappa shape index (κ3) is 4.49. The van der Waals surface area contributed by atoms with Gasteiger partial charge in [0.2, 0.25) is 5.82 Å². The van der Waals surface area contributed by atoms with Crippen LogP contribution >= 0.6 is 0 Å². The highest BCUT2D eigenvalue weighted by molar-refractivity contribution is 5.76. The Hall–Kier alpha value is -2.25. The van der Waals surface area contributed by atoms with E-state index in [1.807, 2.05) is 0 Å². The summed E-state index contributed by atoms with van der Waals surface area (Å²) < 4.78 is 31.6. The first kappa shape index (κ1) is 14.8.